The minimum absolute atomic E-state index is 0.0650. The molecule has 0 aliphatic carbocycles. The maximum absolute atomic E-state index is 11.2. The molecule has 0 aromatic carbocycles. The third kappa shape index (κ3) is 5.88. The van der Waals surface area contributed by atoms with Crippen molar-refractivity contribution in [3.05, 3.63) is 20.9 Å². The zero-order chi connectivity index (χ0) is 11.0. The molecular weight excluding hydrogens is 184 g/mol. The van der Waals surface area contributed by atoms with E-state index in [0.29, 0.717) is 0 Å². The predicted octanol–water partition coefficient (Wildman–Crippen LogP) is 2.73. The number of rotatable bonds is 6. The Morgan fingerprint density at radius 2 is 1.50 bits per heavy atom. The van der Waals surface area contributed by atoms with Gasteiger partial charge in [0.05, 0.1) is 0 Å². The third-order valence-corrected chi connectivity index (χ3v) is 1.54. The highest BCUT2D eigenvalue weighted by Gasteiger charge is 2.10. The lowest BCUT2D eigenvalue weighted by molar-refractivity contribution is -0.119. The number of ketones is 1. The molecule has 0 N–H and O–H groups in total. The average Bonchev–Trinajstić information content (AvgIpc) is 2.03. The van der Waals surface area contributed by atoms with Crippen molar-refractivity contribution in [2.45, 2.75) is 38.8 Å². The Hall–Kier alpha value is -1.71. The maximum atomic E-state index is 11.2. The van der Waals surface area contributed by atoms with Crippen molar-refractivity contribution < 1.29 is 4.79 Å². The van der Waals surface area contributed by atoms with Gasteiger partial charge in [-0.25, -0.2) is 0 Å². The topological polar surface area (TPSA) is 115 Å². The van der Waals surface area contributed by atoms with E-state index in [1.54, 1.807) is 13.8 Å². The first-order valence-corrected chi connectivity index (χ1v) is 4.20. The second kappa shape index (κ2) is 6.77. The van der Waals surface area contributed by atoms with Gasteiger partial charge in [-0.3, -0.25) is 4.79 Å². The van der Waals surface area contributed by atoms with E-state index in [2.05, 4.69) is 20.1 Å². The van der Waals surface area contributed by atoms with Gasteiger partial charge in [0.1, 0.15) is 5.78 Å². The lowest BCUT2D eigenvalue weighted by Crippen LogP contribution is -2.12. The molecule has 76 valence electrons. The summed E-state index contributed by atoms with van der Waals surface area (Å²) in [5.74, 6) is -0.0650. The second-order valence-electron chi connectivity index (χ2n) is 3.05. The zero-order valence-corrected chi connectivity index (χ0v) is 8.16. The molecule has 0 rings (SSSR count). The van der Waals surface area contributed by atoms with Crippen molar-refractivity contribution in [2.75, 3.05) is 0 Å². The molecule has 0 aliphatic rings. The van der Waals surface area contributed by atoms with Crippen molar-refractivity contribution in [3.8, 4) is 0 Å². The monoisotopic (exact) mass is 196 g/mol. The molecule has 7 nitrogen and oxygen atoms in total. The molecule has 0 saturated heterocycles. The molecule has 2 unspecified atom stereocenters. The van der Waals surface area contributed by atoms with E-state index in [1.165, 1.54) is 0 Å². The van der Waals surface area contributed by atoms with Gasteiger partial charge in [0, 0.05) is 34.7 Å². The Labute approximate surface area is 81.4 Å². The number of Topliss-reactive ketones (excluding diaryl/α,β-unsaturated/α-hetero) is 1. The summed E-state index contributed by atoms with van der Waals surface area (Å²) in [6, 6.07) is -0.684. The molecule has 0 aromatic rings. The van der Waals surface area contributed by atoms with Crippen molar-refractivity contribution in [1.82, 2.24) is 0 Å². The smallest absolute Gasteiger partial charge is 0.133 e. The third-order valence-electron chi connectivity index (χ3n) is 1.54. The van der Waals surface area contributed by atoms with Gasteiger partial charge in [0.2, 0.25) is 0 Å². The van der Waals surface area contributed by atoms with Crippen LogP contribution < -0.4 is 0 Å². The normalized spacial score (nSPS) is 13.3. The summed E-state index contributed by atoms with van der Waals surface area (Å²) in [5, 5.41) is 6.75. The lowest BCUT2D eigenvalue weighted by atomic mass is 10.1. The van der Waals surface area contributed by atoms with Crippen LogP contribution in [0.5, 0.6) is 0 Å². The number of hydrogen-bond acceptors (Lipinski definition) is 3. The van der Waals surface area contributed by atoms with E-state index in [1.807, 2.05) is 0 Å². The first-order chi connectivity index (χ1) is 6.60. The van der Waals surface area contributed by atoms with Crippen LogP contribution in [0.4, 0.5) is 0 Å². The van der Waals surface area contributed by atoms with Gasteiger partial charge in [-0.15, -0.1) is 0 Å². The molecule has 0 amide bonds. The van der Waals surface area contributed by atoms with Gasteiger partial charge in [-0.05, 0) is 11.1 Å². The molecule has 7 heteroatoms. The molecule has 0 fully saturated rings. The summed E-state index contributed by atoms with van der Waals surface area (Å²) >= 11 is 0. The minimum atomic E-state index is -0.342. The first-order valence-electron chi connectivity index (χ1n) is 4.20. The standard InChI is InChI=1S/C7H12N6O/c1-5(10-12-8)3-7(14)4-6(2)11-13-9/h5-6H,3-4H2,1-2H3. The van der Waals surface area contributed by atoms with Gasteiger partial charge in [0.25, 0.3) is 0 Å². The summed E-state index contributed by atoms with van der Waals surface area (Å²) in [5.41, 5.74) is 16.2. The Kier molecular flexibility index (Phi) is 5.94. The molecule has 0 spiro atoms. The van der Waals surface area contributed by atoms with Crippen LogP contribution in [-0.2, 0) is 4.79 Å². The van der Waals surface area contributed by atoms with Gasteiger partial charge >= 0.3 is 0 Å². The van der Waals surface area contributed by atoms with Crippen LogP contribution in [-0.4, -0.2) is 17.9 Å². The Morgan fingerprint density at radius 1 is 1.14 bits per heavy atom. The summed E-state index contributed by atoms with van der Waals surface area (Å²) < 4.78 is 0. The molecule has 0 bridgehead atoms. The lowest BCUT2D eigenvalue weighted by Gasteiger charge is -2.05. The fraction of sp³-hybridized carbons (Fsp3) is 0.857. The van der Waals surface area contributed by atoms with E-state index < -0.39 is 0 Å². The summed E-state index contributed by atoms with van der Waals surface area (Å²) in [4.78, 5) is 16.4. The van der Waals surface area contributed by atoms with Gasteiger partial charge < -0.3 is 0 Å². The molecule has 2 atom stereocenters. The van der Waals surface area contributed by atoms with Gasteiger partial charge in [0.15, 0.2) is 0 Å². The number of azide groups is 2. The van der Waals surface area contributed by atoms with Crippen LogP contribution in [0.1, 0.15) is 26.7 Å². The molecule has 0 radical (unpaired) electrons. The Balaban J connectivity index is 3.97. The molecule has 0 saturated carbocycles. The molecule has 0 heterocycles. The number of carbonyl (C=O) groups is 1. The number of hydrogen-bond donors (Lipinski definition) is 0. The zero-order valence-electron chi connectivity index (χ0n) is 8.16. The Bertz CT molecular complexity index is 261. The highest BCUT2D eigenvalue weighted by atomic mass is 16.1. The van der Waals surface area contributed by atoms with Crippen LogP contribution in [0.3, 0.4) is 0 Å². The second-order valence-corrected chi connectivity index (χ2v) is 3.05. The first kappa shape index (κ1) is 12.3. The van der Waals surface area contributed by atoms with Crippen LogP contribution in [0, 0.1) is 0 Å². The number of carbonyl (C=O) groups excluding carboxylic acids is 1. The largest absolute Gasteiger partial charge is 0.300 e. The van der Waals surface area contributed by atoms with Crippen molar-refractivity contribution in [2.24, 2.45) is 10.2 Å². The fourth-order valence-corrected chi connectivity index (χ4v) is 1.00. The van der Waals surface area contributed by atoms with Crippen LogP contribution in [0.2, 0.25) is 0 Å². The van der Waals surface area contributed by atoms with Gasteiger partial charge in [-0.2, -0.15) is 0 Å². The average molecular weight is 196 g/mol. The fourth-order valence-electron chi connectivity index (χ4n) is 1.00. The molecular formula is C7H12N6O. The molecule has 0 aliphatic heterocycles. The van der Waals surface area contributed by atoms with Crippen LogP contribution in [0.15, 0.2) is 10.2 Å². The number of nitrogens with zero attached hydrogens (tertiary/aromatic N) is 6. The van der Waals surface area contributed by atoms with E-state index in [-0.39, 0.29) is 30.7 Å². The van der Waals surface area contributed by atoms with E-state index >= 15 is 0 Å². The van der Waals surface area contributed by atoms with Gasteiger partial charge in [-0.1, -0.05) is 24.1 Å². The quantitative estimate of drug-likeness (QED) is 0.362. The minimum Gasteiger partial charge on any atom is -0.300 e. The Morgan fingerprint density at radius 3 is 1.79 bits per heavy atom. The van der Waals surface area contributed by atoms with Crippen molar-refractivity contribution >= 4 is 5.78 Å². The predicted molar refractivity (Wildman–Crippen MR) is 51.5 cm³/mol. The summed E-state index contributed by atoms with van der Waals surface area (Å²) in [6.45, 7) is 3.33. The highest BCUT2D eigenvalue weighted by Crippen LogP contribution is 2.05. The van der Waals surface area contributed by atoms with Crippen molar-refractivity contribution in [1.29, 1.82) is 0 Å². The SMILES string of the molecule is CC(CC(=O)CC(C)N=[N+]=[N-])N=[N+]=[N-]. The molecule has 14 heavy (non-hydrogen) atoms. The van der Waals surface area contributed by atoms with E-state index in [4.69, 9.17) is 11.1 Å². The van der Waals surface area contributed by atoms with Crippen molar-refractivity contribution in [3.63, 3.8) is 0 Å². The van der Waals surface area contributed by atoms with E-state index in [9.17, 15) is 4.79 Å². The van der Waals surface area contributed by atoms with Crippen LogP contribution >= 0.6 is 0 Å². The molecule has 0 aromatic heterocycles. The van der Waals surface area contributed by atoms with E-state index in [0.717, 1.165) is 0 Å². The van der Waals surface area contributed by atoms with Crippen LogP contribution in [0.25, 0.3) is 20.9 Å². The highest BCUT2D eigenvalue weighted by molar-refractivity contribution is 5.79. The summed E-state index contributed by atoms with van der Waals surface area (Å²) in [7, 11) is 0. The summed E-state index contributed by atoms with van der Waals surface area (Å²) in [6.07, 6.45) is 0.380. The maximum Gasteiger partial charge on any atom is 0.133 e.